The first-order valence-electron chi connectivity index (χ1n) is 3.67. The van der Waals surface area contributed by atoms with Gasteiger partial charge in [0.05, 0.1) is 0 Å². The summed E-state index contributed by atoms with van der Waals surface area (Å²) in [6.07, 6.45) is 0. The molecule has 0 aliphatic heterocycles. The fourth-order valence-corrected chi connectivity index (χ4v) is 0.886. The number of aliphatic imine (C=N–C) groups is 1. The average molecular weight is 251 g/mol. The van der Waals surface area contributed by atoms with Gasteiger partial charge < -0.3 is 11.1 Å². The Morgan fingerprint density at radius 3 is 2.46 bits per heavy atom. The van der Waals surface area contributed by atoms with Crippen LogP contribution in [0.25, 0.3) is 0 Å². The molecule has 3 N–H and O–H groups in total. The molecule has 1 aromatic carbocycles. The normalized spacial score (nSPS) is 8.54. The standard InChI is InChI=1S/C10H11N.H3N.Y/c1-8(2)9-5-4-6-10(7-9)11-3;;/h3-6,8H,1-2H3;1H3;/q-2;;. The van der Waals surface area contributed by atoms with Crippen LogP contribution in [0.3, 0.4) is 0 Å². The van der Waals surface area contributed by atoms with Crippen LogP contribution in [0.4, 0.5) is 5.69 Å². The van der Waals surface area contributed by atoms with Crippen molar-refractivity contribution in [1.29, 1.82) is 0 Å². The largest absolute Gasteiger partial charge is 0.485 e. The molecule has 69 valence electrons. The first kappa shape index (κ1) is 15.4. The molecule has 0 saturated carbocycles. The Kier molecular flexibility index (Phi) is 8.74. The first-order chi connectivity index (χ1) is 5.24. The van der Waals surface area contributed by atoms with Gasteiger partial charge in [0.15, 0.2) is 0 Å². The molecule has 1 aromatic rings. The van der Waals surface area contributed by atoms with Gasteiger partial charge in [0.1, 0.15) is 0 Å². The van der Waals surface area contributed by atoms with E-state index in [0.29, 0.717) is 5.92 Å². The van der Waals surface area contributed by atoms with Crippen LogP contribution < -0.4 is 6.15 Å². The van der Waals surface area contributed by atoms with Gasteiger partial charge in [-0.1, -0.05) is 13.8 Å². The monoisotopic (exact) mass is 251 g/mol. The van der Waals surface area contributed by atoms with Gasteiger partial charge in [-0.2, -0.15) is 24.4 Å². The van der Waals surface area contributed by atoms with E-state index in [2.05, 4.69) is 24.9 Å². The molecular formula is C10H14N2Y-2. The van der Waals surface area contributed by atoms with Gasteiger partial charge in [-0.05, 0) is 5.92 Å². The van der Waals surface area contributed by atoms with Crippen LogP contribution in [0, 0.1) is 6.07 Å². The van der Waals surface area contributed by atoms with E-state index in [9.17, 15) is 0 Å². The summed E-state index contributed by atoms with van der Waals surface area (Å²) < 4.78 is 0. The molecule has 0 bridgehead atoms. The Morgan fingerprint density at radius 2 is 2.00 bits per heavy atom. The van der Waals surface area contributed by atoms with Crippen LogP contribution in [-0.4, -0.2) is 6.72 Å². The van der Waals surface area contributed by atoms with Crippen molar-refractivity contribution in [2.24, 2.45) is 4.99 Å². The first-order valence-corrected chi connectivity index (χ1v) is 3.67. The molecule has 0 fully saturated rings. The molecule has 13 heavy (non-hydrogen) atoms. The van der Waals surface area contributed by atoms with E-state index in [4.69, 9.17) is 6.72 Å². The predicted octanol–water partition coefficient (Wildman–Crippen LogP) is 2.98. The van der Waals surface area contributed by atoms with Crippen LogP contribution in [0.5, 0.6) is 0 Å². The number of hydrogen-bond acceptors (Lipinski definition) is 2. The molecule has 0 saturated heterocycles. The van der Waals surface area contributed by atoms with Gasteiger partial charge in [0, 0.05) is 32.7 Å². The van der Waals surface area contributed by atoms with E-state index in [-0.39, 0.29) is 38.9 Å². The maximum Gasteiger partial charge on any atom is 0 e. The summed E-state index contributed by atoms with van der Waals surface area (Å²) in [6.45, 7) is 9.35. The van der Waals surface area contributed by atoms with Crippen molar-refractivity contribution in [3.8, 4) is 0 Å². The van der Waals surface area contributed by atoms with Crippen LogP contribution >= 0.6 is 0 Å². The smallest absolute Gasteiger partial charge is 0 e. The maximum atomic E-state index is 5.11. The summed E-state index contributed by atoms with van der Waals surface area (Å²) in [5, 5.41) is 0. The Labute approximate surface area is 105 Å². The van der Waals surface area contributed by atoms with Crippen LogP contribution in [-0.2, 0) is 32.7 Å². The van der Waals surface area contributed by atoms with Crippen molar-refractivity contribution < 1.29 is 32.7 Å². The van der Waals surface area contributed by atoms with Crippen molar-refractivity contribution in [3.63, 3.8) is 0 Å². The molecule has 0 amide bonds. The second-order valence-electron chi connectivity index (χ2n) is 2.78. The molecule has 0 aliphatic carbocycles. The minimum Gasteiger partial charge on any atom is -0.485 e. The Balaban J connectivity index is 0. The van der Waals surface area contributed by atoms with Crippen molar-refractivity contribution in [2.45, 2.75) is 19.8 Å². The van der Waals surface area contributed by atoms with E-state index in [1.165, 1.54) is 0 Å². The van der Waals surface area contributed by atoms with Gasteiger partial charge in [-0.15, -0.1) is 0 Å². The zero-order chi connectivity index (χ0) is 8.27. The molecule has 1 rings (SSSR count). The van der Waals surface area contributed by atoms with Crippen LogP contribution in [0.2, 0.25) is 0 Å². The summed E-state index contributed by atoms with van der Waals surface area (Å²) in [6, 6.07) is 8.91. The van der Waals surface area contributed by atoms with Crippen molar-refractivity contribution in [3.05, 3.63) is 29.8 Å². The van der Waals surface area contributed by atoms with Crippen molar-refractivity contribution in [2.75, 3.05) is 0 Å². The molecule has 3 heteroatoms. The maximum absolute atomic E-state index is 5.11. The quantitative estimate of drug-likeness (QED) is 0.637. The summed E-state index contributed by atoms with van der Waals surface area (Å²) >= 11 is 0. The zero-order valence-corrected chi connectivity index (χ0v) is 11.0. The molecular weight excluding hydrogens is 237 g/mol. The third-order valence-electron chi connectivity index (χ3n) is 1.56. The number of rotatable bonds is 2. The molecule has 0 aliphatic rings. The van der Waals surface area contributed by atoms with Gasteiger partial charge in [-0.25, -0.2) is 11.8 Å². The van der Waals surface area contributed by atoms with Crippen molar-refractivity contribution >= 4 is 12.4 Å². The number of benzene rings is 1. The van der Waals surface area contributed by atoms with Gasteiger partial charge in [0.25, 0.3) is 0 Å². The topological polar surface area (TPSA) is 47.4 Å². The molecule has 0 aromatic heterocycles. The van der Waals surface area contributed by atoms with Gasteiger partial charge in [-0.3, -0.25) is 6.07 Å². The summed E-state index contributed by atoms with van der Waals surface area (Å²) in [5.41, 5.74) is 1.87. The molecule has 0 heterocycles. The molecule has 2 nitrogen and oxygen atoms in total. The fourth-order valence-electron chi connectivity index (χ4n) is 0.886. The molecule has 0 spiro atoms. The Morgan fingerprint density at radius 1 is 1.38 bits per heavy atom. The second-order valence-corrected chi connectivity index (χ2v) is 2.78. The third kappa shape index (κ3) is 4.65. The molecule has 0 unspecified atom stereocenters. The average Bonchev–Trinajstić information content (AvgIpc) is 2.05. The van der Waals surface area contributed by atoms with Gasteiger partial charge in [0.2, 0.25) is 0 Å². The Bertz CT molecular complexity index is 259. The Hall–Kier alpha value is -0.0461. The number of nitrogens with zero attached hydrogens (tertiary/aromatic N) is 1. The fraction of sp³-hybridized carbons (Fsp3) is 0.300. The summed E-state index contributed by atoms with van der Waals surface area (Å²) in [5.74, 6) is 0.483. The van der Waals surface area contributed by atoms with Crippen LogP contribution in [0.1, 0.15) is 25.3 Å². The molecule has 0 atom stereocenters. The SMILES string of the molecule is N.[CH-]=Nc1[c-]c(C(C)C)ccc1.[Y]. The van der Waals surface area contributed by atoms with E-state index in [0.717, 1.165) is 11.3 Å². The third-order valence-corrected chi connectivity index (χ3v) is 1.56. The number of hydrogen-bond donors (Lipinski definition) is 1. The van der Waals surface area contributed by atoms with E-state index >= 15 is 0 Å². The van der Waals surface area contributed by atoms with Gasteiger partial charge >= 0.3 is 0 Å². The van der Waals surface area contributed by atoms with E-state index in [1.54, 1.807) is 0 Å². The van der Waals surface area contributed by atoms with E-state index in [1.807, 2.05) is 18.2 Å². The predicted molar refractivity (Wildman–Crippen MR) is 52.5 cm³/mol. The summed E-state index contributed by atoms with van der Waals surface area (Å²) in [4.78, 5) is 3.56. The van der Waals surface area contributed by atoms with E-state index < -0.39 is 0 Å². The minimum atomic E-state index is 0. The second kappa shape index (κ2) is 7.37. The zero-order valence-electron chi connectivity index (χ0n) is 8.12. The summed E-state index contributed by atoms with van der Waals surface area (Å²) in [7, 11) is 0. The minimum absolute atomic E-state index is 0. The van der Waals surface area contributed by atoms with Crippen molar-refractivity contribution in [1.82, 2.24) is 6.15 Å². The molecule has 1 radical (unpaired) electrons. The van der Waals surface area contributed by atoms with Crippen LogP contribution in [0.15, 0.2) is 23.2 Å².